The molecule has 0 amide bonds. The molecular weight excluding hydrogens is 344 g/mol. The fourth-order valence-corrected chi connectivity index (χ4v) is 2.52. The molecule has 0 heterocycles. The number of rotatable bonds is 5. The van der Waals surface area contributed by atoms with Crippen molar-refractivity contribution in [3.63, 3.8) is 0 Å². The molecule has 0 spiro atoms. The van der Waals surface area contributed by atoms with Crippen LogP contribution in [0.2, 0.25) is 0 Å². The Kier molecular flexibility index (Phi) is 4.90. The molecule has 21 heavy (non-hydrogen) atoms. The fraction of sp³-hybridized carbons (Fsp3) is 0.133. The third-order valence-corrected chi connectivity index (χ3v) is 3.54. The van der Waals surface area contributed by atoms with Gasteiger partial charge in [-0.3, -0.25) is 0 Å². The molecule has 110 valence electrons. The summed E-state index contributed by atoms with van der Waals surface area (Å²) in [6.07, 6.45) is 0.375. The first kappa shape index (κ1) is 15.4. The third-order valence-electron chi connectivity index (χ3n) is 2.88. The molecule has 0 saturated heterocycles. The van der Waals surface area contributed by atoms with Gasteiger partial charge in [-0.1, -0.05) is 6.07 Å². The van der Waals surface area contributed by atoms with E-state index in [0.717, 1.165) is 6.07 Å². The molecule has 0 radical (unpaired) electrons. The summed E-state index contributed by atoms with van der Waals surface area (Å²) in [5, 5.41) is 12.1. The van der Waals surface area contributed by atoms with Crippen LogP contribution in [0, 0.1) is 11.6 Å². The topological polar surface area (TPSA) is 49.3 Å². The number of halogens is 3. The molecular formula is C15H12BrF2NO2. The van der Waals surface area contributed by atoms with Crippen LogP contribution in [0.4, 0.5) is 14.5 Å². The van der Waals surface area contributed by atoms with Gasteiger partial charge in [-0.15, -0.1) is 0 Å². The lowest BCUT2D eigenvalue weighted by Gasteiger charge is -2.11. The zero-order valence-electron chi connectivity index (χ0n) is 10.9. The van der Waals surface area contributed by atoms with Crippen molar-refractivity contribution in [3.8, 4) is 0 Å². The Morgan fingerprint density at radius 2 is 1.86 bits per heavy atom. The zero-order chi connectivity index (χ0) is 15.4. The lowest BCUT2D eigenvalue weighted by molar-refractivity contribution is 0.0697. The van der Waals surface area contributed by atoms with E-state index >= 15 is 0 Å². The van der Waals surface area contributed by atoms with Crippen molar-refractivity contribution in [2.75, 3.05) is 11.9 Å². The summed E-state index contributed by atoms with van der Waals surface area (Å²) in [7, 11) is 0. The van der Waals surface area contributed by atoms with Gasteiger partial charge < -0.3 is 10.4 Å². The molecule has 0 aliphatic heterocycles. The van der Waals surface area contributed by atoms with Gasteiger partial charge in [0, 0.05) is 22.8 Å². The number of carboxylic acids is 1. The van der Waals surface area contributed by atoms with Crippen LogP contribution in [0.15, 0.2) is 40.9 Å². The van der Waals surface area contributed by atoms with Gasteiger partial charge in [0.05, 0.1) is 5.56 Å². The van der Waals surface area contributed by atoms with Gasteiger partial charge in [-0.05, 0) is 52.2 Å². The van der Waals surface area contributed by atoms with E-state index in [9.17, 15) is 13.6 Å². The molecule has 2 rings (SSSR count). The van der Waals surface area contributed by atoms with Crippen molar-refractivity contribution >= 4 is 27.6 Å². The minimum absolute atomic E-state index is 0.128. The molecule has 0 saturated carbocycles. The maximum atomic E-state index is 13.1. The number of benzene rings is 2. The van der Waals surface area contributed by atoms with E-state index in [1.54, 1.807) is 18.2 Å². The standard InChI is InChI=1S/C15H12BrF2NO2/c16-12-2-1-3-13(14(12)15(20)21)19-5-4-9-6-10(17)8-11(18)7-9/h1-3,6-8,19H,4-5H2,(H,20,21). The van der Waals surface area contributed by atoms with Crippen LogP contribution in [0.3, 0.4) is 0 Å². The normalized spacial score (nSPS) is 10.4. The van der Waals surface area contributed by atoms with Gasteiger partial charge in [0.2, 0.25) is 0 Å². The number of carbonyl (C=O) groups is 1. The second-order valence-corrected chi connectivity index (χ2v) is 5.28. The van der Waals surface area contributed by atoms with E-state index in [2.05, 4.69) is 21.2 Å². The van der Waals surface area contributed by atoms with E-state index in [0.29, 0.717) is 28.7 Å². The van der Waals surface area contributed by atoms with Crippen molar-refractivity contribution < 1.29 is 18.7 Å². The third kappa shape index (κ3) is 4.01. The molecule has 0 fully saturated rings. The number of hydrogen-bond donors (Lipinski definition) is 2. The van der Waals surface area contributed by atoms with Gasteiger partial charge in [-0.25, -0.2) is 13.6 Å². The summed E-state index contributed by atoms with van der Waals surface area (Å²) in [6, 6.07) is 8.30. The number of nitrogens with one attached hydrogen (secondary N) is 1. The number of carboxylic acid groups (broad SMARTS) is 1. The lowest BCUT2D eigenvalue weighted by Crippen LogP contribution is -2.10. The minimum atomic E-state index is -1.05. The van der Waals surface area contributed by atoms with Crippen molar-refractivity contribution in [3.05, 3.63) is 63.6 Å². The average Bonchev–Trinajstić information content (AvgIpc) is 2.37. The largest absolute Gasteiger partial charge is 0.478 e. The molecule has 2 aromatic carbocycles. The molecule has 0 atom stereocenters. The molecule has 2 N–H and O–H groups in total. The van der Waals surface area contributed by atoms with Crippen LogP contribution in [0.25, 0.3) is 0 Å². The van der Waals surface area contributed by atoms with Crippen molar-refractivity contribution in [2.45, 2.75) is 6.42 Å². The Morgan fingerprint density at radius 3 is 2.48 bits per heavy atom. The van der Waals surface area contributed by atoms with Crippen molar-refractivity contribution in [1.29, 1.82) is 0 Å². The van der Waals surface area contributed by atoms with Crippen molar-refractivity contribution in [2.24, 2.45) is 0 Å². The first-order valence-electron chi connectivity index (χ1n) is 6.18. The Balaban J connectivity index is 2.07. The predicted molar refractivity (Wildman–Crippen MR) is 79.7 cm³/mol. The minimum Gasteiger partial charge on any atom is -0.478 e. The van der Waals surface area contributed by atoms with Gasteiger partial charge >= 0.3 is 5.97 Å². The van der Waals surface area contributed by atoms with Crippen LogP contribution < -0.4 is 5.32 Å². The van der Waals surface area contributed by atoms with Crippen LogP contribution >= 0.6 is 15.9 Å². The van der Waals surface area contributed by atoms with Crippen LogP contribution in [0.5, 0.6) is 0 Å². The number of hydrogen-bond acceptors (Lipinski definition) is 2. The van der Waals surface area contributed by atoms with Gasteiger partial charge in [0.25, 0.3) is 0 Å². The highest BCUT2D eigenvalue weighted by atomic mass is 79.9. The lowest BCUT2D eigenvalue weighted by atomic mass is 10.1. The highest BCUT2D eigenvalue weighted by Gasteiger charge is 2.13. The van der Waals surface area contributed by atoms with Gasteiger partial charge in [-0.2, -0.15) is 0 Å². The Morgan fingerprint density at radius 1 is 1.19 bits per heavy atom. The quantitative estimate of drug-likeness (QED) is 0.849. The Bertz CT molecular complexity index is 656. The molecule has 0 aliphatic carbocycles. The maximum absolute atomic E-state index is 13.1. The summed E-state index contributed by atoms with van der Waals surface area (Å²) < 4.78 is 26.6. The average molecular weight is 356 g/mol. The molecule has 0 aromatic heterocycles. The summed E-state index contributed by atoms with van der Waals surface area (Å²) in [5.74, 6) is -2.31. The monoisotopic (exact) mass is 355 g/mol. The van der Waals surface area contributed by atoms with E-state index in [4.69, 9.17) is 5.11 Å². The smallest absolute Gasteiger partial charge is 0.338 e. The summed E-state index contributed by atoms with van der Waals surface area (Å²) >= 11 is 3.18. The Labute approximate surface area is 128 Å². The van der Waals surface area contributed by atoms with E-state index in [1.807, 2.05) is 0 Å². The number of anilines is 1. The Hall–Kier alpha value is -1.95. The highest BCUT2D eigenvalue weighted by Crippen LogP contribution is 2.24. The second kappa shape index (κ2) is 6.67. The van der Waals surface area contributed by atoms with Gasteiger partial charge in [0.1, 0.15) is 11.6 Å². The van der Waals surface area contributed by atoms with E-state index in [-0.39, 0.29) is 5.56 Å². The first-order chi connectivity index (χ1) is 9.97. The van der Waals surface area contributed by atoms with Crippen LogP contribution in [-0.2, 0) is 6.42 Å². The molecule has 3 nitrogen and oxygen atoms in total. The first-order valence-corrected chi connectivity index (χ1v) is 6.97. The second-order valence-electron chi connectivity index (χ2n) is 4.42. The van der Waals surface area contributed by atoms with Crippen LogP contribution in [-0.4, -0.2) is 17.6 Å². The van der Waals surface area contributed by atoms with E-state index < -0.39 is 17.6 Å². The predicted octanol–water partition coefficient (Wildman–Crippen LogP) is 4.08. The molecule has 0 bridgehead atoms. The fourth-order valence-electron chi connectivity index (χ4n) is 1.99. The van der Waals surface area contributed by atoms with Crippen molar-refractivity contribution in [1.82, 2.24) is 0 Å². The molecule has 2 aromatic rings. The summed E-state index contributed by atoms with van der Waals surface area (Å²) in [4.78, 5) is 11.2. The SMILES string of the molecule is O=C(O)c1c(Br)cccc1NCCc1cc(F)cc(F)c1. The summed E-state index contributed by atoms with van der Waals surface area (Å²) in [5.41, 5.74) is 1.09. The molecule has 0 aliphatic rings. The van der Waals surface area contributed by atoms with E-state index in [1.165, 1.54) is 12.1 Å². The maximum Gasteiger partial charge on any atom is 0.338 e. The summed E-state index contributed by atoms with van der Waals surface area (Å²) in [6.45, 7) is 0.361. The van der Waals surface area contributed by atoms with Gasteiger partial charge in [0.15, 0.2) is 0 Å². The molecule has 0 unspecified atom stereocenters. The number of aromatic carboxylic acids is 1. The zero-order valence-corrected chi connectivity index (χ0v) is 12.5. The molecule has 6 heteroatoms. The van der Waals surface area contributed by atoms with Crippen LogP contribution in [0.1, 0.15) is 15.9 Å². The highest BCUT2D eigenvalue weighted by molar-refractivity contribution is 9.10.